The second-order valence-electron chi connectivity index (χ2n) is 6.79. The first-order valence-electron chi connectivity index (χ1n) is 8.95. The predicted molar refractivity (Wildman–Crippen MR) is 91.0 cm³/mol. The Morgan fingerprint density at radius 1 is 1.26 bits per heavy atom. The molecule has 0 aromatic heterocycles. The van der Waals surface area contributed by atoms with Crippen LogP contribution in [0.25, 0.3) is 0 Å². The number of hydrogen-bond donors (Lipinski definition) is 1. The molecule has 2 aliphatic heterocycles. The Kier molecular flexibility index (Phi) is 6.06. The van der Waals surface area contributed by atoms with Crippen molar-refractivity contribution in [2.75, 3.05) is 26.2 Å². The molecular weight excluding hydrogens is 288 g/mol. The van der Waals surface area contributed by atoms with Crippen molar-refractivity contribution >= 4 is 5.91 Å². The maximum atomic E-state index is 12.7. The van der Waals surface area contributed by atoms with Crippen molar-refractivity contribution in [3.8, 4) is 0 Å². The average molecular weight is 316 g/mol. The fourth-order valence-electron chi connectivity index (χ4n) is 3.54. The van der Waals surface area contributed by atoms with E-state index >= 15 is 0 Å². The highest BCUT2D eigenvalue weighted by Gasteiger charge is 2.24. The second-order valence-corrected chi connectivity index (χ2v) is 6.79. The minimum atomic E-state index is 0.218. The van der Waals surface area contributed by atoms with Crippen LogP contribution in [-0.4, -0.2) is 43.2 Å². The summed E-state index contributed by atoms with van der Waals surface area (Å²) in [6, 6.07) is 10.3. The van der Waals surface area contributed by atoms with E-state index in [4.69, 9.17) is 4.74 Å². The fraction of sp³-hybridized carbons (Fsp3) is 0.632. The number of amides is 1. The molecule has 0 bridgehead atoms. The first-order chi connectivity index (χ1) is 11.3. The molecule has 1 N–H and O–H groups in total. The van der Waals surface area contributed by atoms with Crippen molar-refractivity contribution < 1.29 is 9.53 Å². The molecule has 4 heteroatoms. The van der Waals surface area contributed by atoms with Crippen LogP contribution in [0, 0.1) is 5.92 Å². The molecule has 2 atom stereocenters. The van der Waals surface area contributed by atoms with Crippen LogP contribution >= 0.6 is 0 Å². The molecule has 4 nitrogen and oxygen atoms in total. The maximum Gasteiger partial charge on any atom is 0.222 e. The van der Waals surface area contributed by atoms with Crippen molar-refractivity contribution in [2.24, 2.45) is 5.92 Å². The highest BCUT2D eigenvalue weighted by atomic mass is 16.5. The van der Waals surface area contributed by atoms with Gasteiger partial charge in [0.25, 0.3) is 0 Å². The number of rotatable bonds is 7. The standard InChI is InChI=1S/C19H28N2O2/c22-19(9-8-16-10-11-20-13-16)21(15-18-7-4-12-23-18)14-17-5-2-1-3-6-17/h1-3,5-6,16,18,20H,4,7-15H2. The quantitative estimate of drug-likeness (QED) is 0.841. The minimum absolute atomic E-state index is 0.218. The lowest BCUT2D eigenvalue weighted by atomic mass is 10.0. The van der Waals surface area contributed by atoms with E-state index in [-0.39, 0.29) is 12.0 Å². The molecule has 2 fully saturated rings. The van der Waals surface area contributed by atoms with Gasteiger partial charge < -0.3 is 15.0 Å². The van der Waals surface area contributed by atoms with Gasteiger partial charge in [0, 0.05) is 26.1 Å². The summed E-state index contributed by atoms with van der Waals surface area (Å²) in [4.78, 5) is 14.7. The first-order valence-corrected chi connectivity index (χ1v) is 8.95. The molecule has 3 rings (SSSR count). The molecule has 1 amide bonds. The number of ether oxygens (including phenoxy) is 1. The molecule has 0 saturated carbocycles. The Labute approximate surface area is 139 Å². The van der Waals surface area contributed by atoms with Gasteiger partial charge in [0.05, 0.1) is 6.10 Å². The van der Waals surface area contributed by atoms with Gasteiger partial charge in [-0.15, -0.1) is 0 Å². The number of nitrogens with zero attached hydrogens (tertiary/aromatic N) is 1. The average Bonchev–Trinajstić information content (AvgIpc) is 3.26. The van der Waals surface area contributed by atoms with E-state index in [0.29, 0.717) is 18.9 Å². The lowest BCUT2D eigenvalue weighted by Gasteiger charge is -2.26. The van der Waals surface area contributed by atoms with Crippen LogP contribution in [-0.2, 0) is 16.1 Å². The largest absolute Gasteiger partial charge is 0.376 e. The highest BCUT2D eigenvalue weighted by Crippen LogP contribution is 2.19. The summed E-state index contributed by atoms with van der Waals surface area (Å²) in [7, 11) is 0. The van der Waals surface area contributed by atoms with Gasteiger partial charge in [0.1, 0.15) is 0 Å². The lowest BCUT2D eigenvalue weighted by molar-refractivity contribution is -0.133. The van der Waals surface area contributed by atoms with Gasteiger partial charge in [-0.3, -0.25) is 4.79 Å². The van der Waals surface area contributed by atoms with Crippen LogP contribution < -0.4 is 5.32 Å². The number of hydrogen-bond acceptors (Lipinski definition) is 3. The van der Waals surface area contributed by atoms with E-state index < -0.39 is 0 Å². The molecule has 1 aromatic carbocycles. The molecule has 0 spiro atoms. The fourth-order valence-corrected chi connectivity index (χ4v) is 3.54. The molecule has 1 aromatic rings. The first kappa shape index (κ1) is 16.5. The van der Waals surface area contributed by atoms with Crippen LogP contribution in [0.5, 0.6) is 0 Å². The van der Waals surface area contributed by atoms with Gasteiger partial charge >= 0.3 is 0 Å². The van der Waals surface area contributed by atoms with E-state index in [9.17, 15) is 4.79 Å². The SMILES string of the molecule is O=C(CCC1CCNC1)N(Cc1ccccc1)CC1CCCO1. The number of carbonyl (C=O) groups excluding carboxylic acids is 1. The normalized spacial score (nSPS) is 24.0. The lowest BCUT2D eigenvalue weighted by Crippen LogP contribution is -2.37. The van der Waals surface area contributed by atoms with E-state index in [1.165, 1.54) is 12.0 Å². The molecule has 126 valence electrons. The zero-order valence-electron chi connectivity index (χ0n) is 13.9. The summed E-state index contributed by atoms with van der Waals surface area (Å²) in [5.74, 6) is 0.941. The topological polar surface area (TPSA) is 41.6 Å². The predicted octanol–water partition coefficient (Wildman–Crippen LogP) is 2.58. The summed E-state index contributed by atoms with van der Waals surface area (Å²) in [5.41, 5.74) is 1.20. The van der Waals surface area contributed by atoms with Crippen LogP contribution in [0.2, 0.25) is 0 Å². The van der Waals surface area contributed by atoms with Gasteiger partial charge in [-0.2, -0.15) is 0 Å². The van der Waals surface area contributed by atoms with Crippen LogP contribution in [0.15, 0.2) is 30.3 Å². The smallest absolute Gasteiger partial charge is 0.222 e. The summed E-state index contributed by atoms with van der Waals surface area (Å²) in [6.07, 6.45) is 5.28. The number of nitrogens with one attached hydrogen (secondary N) is 1. The van der Waals surface area contributed by atoms with Crippen LogP contribution in [0.1, 0.15) is 37.7 Å². The van der Waals surface area contributed by atoms with Crippen molar-refractivity contribution in [2.45, 2.75) is 44.8 Å². The van der Waals surface area contributed by atoms with Crippen molar-refractivity contribution in [3.05, 3.63) is 35.9 Å². The van der Waals surface area contributed by atoms with Crippen molar-refractivity contribution in [3.63, 3.8) is 0 Å². The molecule has 23 heavy (non-hydrogen) atoms. The molecule has 2 heterocycles. The molecule has 2 aliphatic rings. The minimum Gasteiger partial charge on any atom is -0.376 e. The molecular formula is C19H28N2O2. The van der Waals surface area contributed by atoms with Crippen molar-refractivity contribution in [1.29, 1.82) is 0 Å². The summed E-state index contributed by atoms with van der Waals surface area (Å²) >= 11 is 0. The highest BCUT2D eigenvalue weighted by molar-refractivity contribution is 5.76. The van der Waals surface area contributed by atoms with Gasteiger partial charge in [-0.25, -0.2) is 0 Å². The van der Waals surface area contributed by atoms with E-state index in [1.54, 1.807) is 0 Å². The maximum absolute atomic E-state index is 12.7. The zero-order valence-corrected chi connectivity index (χ0v) is 13.9. The Hall–Kier alpha value is -1.39. The summed E-state index contributed by atoms with van der Waals surface area (Å²) in [6.45, 7) is 4.44. The van der Waals surface area contributed by atoms with E-state index in [1.807, 2.05) is 23.1 Å². The third-order valence-electron chi connectivity index (χ3n) is 4.95. The number of benzene rings is 1. The molecule has 2 unspecified atom stereocenters. The monoisotopic (exact) mass is 316 g/mol. The van der Waals surface area contributed by atoms with Crippen molar-refractivity contribution in [1.82, 2.24) is 10.2 Å². The van der Waals surface area contributed by atoms with Crippen LogP contribution in [0.3, 0.4) is 0 Å². The molecule has 0 radical (unpaired) electrons. The molecule has 2 saturated heterocycles. The Balaban J connectivity index is 1.57. The number of carbonyl (C=O) groups is 1. The van der Waals surface area contributed by atoms with Gasteiger partial charge in [-0.1, -0.05) is 30.3 Å². The summed E-state index contributed by atoms with van der Waals surface area (Å²) in [5, 5.41) is 3.38. The van der Waals surface area contributed by atoms with Gasteiger partial charge in [-0.05, 0) is 50.3 Å². The Bertz CT molecular complexity index is 479. The van der Waals surface area contributed by atoms with Gasteiger partial charge in [0.15, 0.2) is 0 Å². The Morgan fingerprint density at radius 3 is 2.83 bits per heavy atom. The second kappa shape index (κ2) is 8.46. The van der Waals surface area contributed by atoms with E-state index in [0.717, 1.165) is 45.5 Å². The van der Waals surface area contributed by atoms with E-state index in [2.05, 4.69) is 17.4 Å². The van der Waals surface area contributed by atoms with Crippen LogP contribution in [0.4, 0.5) is 0 Å². The third kappa shape index (κ3) is 5.05. The zero-order chi connectivity index (χ0) is 15.9. The summed E-state index contributed by atoms with van der Waals surface area (Å²) < 4.78 is 5.75. The van der Waals surface area contributed by atoms with Gasteiger partial charge in [0.2, 0.25) is 5.91 Å². The third-order valence-corrected chi connectivity index (χ3v) is 4.95. The Morgan fingerprint density at radius 2 is 2.13 bits per heavy atom. The molecule has 0 aliphatic carbocycles.